The number of rotatable bonds is 6. The summed E-state index contributed by atoms with van der Waals surface area (Å²) in [6.45, 7) is -0.383. The lowest BCUT2D eigenvalue weighted by molar-refractivity contribution is -0.272. The van der Waals surface area contributed by atoms with E-state index in [9.17, 15) is 23.1 Å². The standard InChI is InChI=1S/C18H17F3N4O2S/c1-25-11-10-23-16(25)17(27,18(19,20)21)8-9-22-14(26)6-7-15-24-12-4-2-3-5-13(12)28-15/h2-7,10-11,27H,8-9H2,1H3,(H,22,26)/b7-6+. The molecule has 3 aromatic rings. The Labute approximate surface area is 162 Å². The van der Waals surface area contributed by atoms with Crippen LogP contribution in [0.3, 0.4) is 0 Å². The van der Waals surface area contributed by atoms with Gasteiger partial charge in [-0.15, -0.1) is 11.3 Å². The number of amides is 1. The van der Waals surface area contributed by atoms with Gasteiger partial charge >= 0.3 is 6.18 Å². The molecule has 6 nitrogen and oxygen atoms in total. The van der Waals surface area contributed by atoms with Crippen molar-refractivity contribution in [2.45, 2.75) is 18.2 Å². The Morgan fingerprint density at radius 3 is 2.75 bits per heavy atom. The zero-order valence-corrected chi connectivity index (χ0v) is 15.6. The molecule has 10 heteroatoms. The highest BCUT2D eigenvalue weighted by molar-refractivity contribution is 7.19. The molecule has 0 fully saturated rings. The van der Waals surface area contributed by atoms with Crippen LogP contribution in [0, 0.1) is 0 Å². The number of aryl methyl sites for hydroxylation is 1. The first kappa shape index (κ1) is 20.0. The van der Waals surface area contributed by atoms with E-state index >= 15 is 0 Å². The number of aromatic nitrogens is 3. The summed E-state index contributed by atoms with van der Waals surface area (Å²) in [4.78, 5) is 19.9. The van der Waals surface area contributed by atoms with Crippen LogP contribution in [-0.4, -0.2) is 38.3 Å². The number of halogens is 3. The van der Waals surface area contributed by atoms with Gasteiger partial charge in [-0.25, -0.2) is 9.97 Å². The molecule has 2 N–H and O–H groups in total. The third-order valence-corrected chi connectivity index (χ3v) is 5.14. The second-order valence-corrected chi connectivity index (χ2v) is 7.18. The van der Waals surface area contributed by atoms with E-state index in [1.807, 2.05) is 24.3 Å². The molecular weight excluding hydrogens is 393 g/mol. The summed E-state index contributed by atoms with van der Waals surface area (Å²) in [5.74, 6) is -1.11. The molecule has 3 rings (SSSR count). The van der Waals surface area contributed by atoms with Gasteiger partial charge in [-0.1, -0.05) is 12.1 Å². The van der Waals surface area contributed by atoms with Gasteiger partial charge in [-0.3, -0.25) is 4.79 Å². The van der Waals surface area contributed by atoms with E-state index in [2.05, 4.69) is 15.3 Å². The molecule has 0 aliphatic heterocycles. The van der Waals surface area contributed by atoms with Gasteiger partial charge in [0.25, 0.3) is 0 Å². The molecule has 0 radical (unpaired) electrons. The summed E-state index contributed by atoms with van der Waals surface area (Å²) in [6, 6.07) is 7.48. The smallest absolute Gasteiger partial charge is 0.374 e. The maximum Gasteiger partial charge on any atom is 0.424 e. The van der Waals surface area contributed by atoms with Gasteiger partial charge in [0, 0.05) is 38.5 Å². The molecule has 2 heterocycles. The predicted molar refractivity (Wildman–Crippen MR) is 99.4 cm³/mol. The monoisotopic (exact) mass is 410 g/mol. The number of nitrogens with one attached hydrogen (secondary N) is 1. The molecule has 1 aromatic carbocycles. The molecular formula is C18H17F3N4O2S. The molecule has 1 atom stereocenters. The number of fused-ring (bicyclic) bond motifs is 1. The van der Waals surface area contributed by atoms with Crippen LogP contribution >= 0.6 is 11.3 Å². The summed E-state index contributed by atoms with van der Waals surface area (Å²) in [5.41, 5.74) is -2.35. The second kappa shape index (κ2) is 7.72. The Kier molecular flexibility index (Phi) is 5.52. The van der Waals surface area contributed by atoms with E-state index < -0.39 is 29.9 Å². The third-order valence-electron chi connectivity index (χ3n) is 4.13. The van der Waals surface area contributed by atoms with E-state index in [4.69, 9.17) is 0 Å². The maximum atomic E-state index is 13.4. The molecule has 0 aliphatic carbocycles. The number of thiazole rings is 1. The van der Waals surface area contributed by atoms with Gasteiger partial charge in [0.1, 0.15) is 10.8 Å². The summed E-state index contributed by atoms with van der Waals surface area (Å²) < 4.78 is 42.3. The van der Waals surface area contributed by atoms with Gasteiger partial charge in [0.15, 0.2) is 0 Å². The van der Waals surface area contributed by atoms with Crippen LogP contribution in [-0.2, 0) is 17.4 Å². The van der Waals surface area contributed by atoms with E-state index in [0.717, 1.165) is 14.8 Å². The summed E-state index contributed by atoms with van der Waals surface area (Å²) >= 11 is 1.39. The maximum absolute atomic E-state index is 13.4. The van der Waals surface area contributed by atoms with Crippen LogP contribution in [0.1, 0.15) is 17.3 Å². The van der Waals surface area contributed by atoms with Crippen LogP contribution in [0.4, 0.5) is 13.2 Å². The van der Waals surface area contributed by atoms with Crippen molar-refractivity contribution in [3.63, 3.8) is 0 Å². The van der Waals surface area contributed by atoms with Crippen LogP contribution in [0.25, 0.3) is 16.3 Å². The number of para-hydroxylation sites is 1. The van der Waals surface area contributed by atoms with Gasteiger partial charge in [0.2, 0.25) is 11.5 Å². The zero-order valence-electron chi connectivity index (χ0n) is 14.8. The first-order valence-corrected chi connectivity index (χ1v) is 9.11. The molecule has 0 aliphatic rings. The van der Waals surface area contributed by atoms with Gasteiger partial charge in [0.05, 0.1) is 10.2 Å². The molecule has 1 amide bonds. The molecule has 0 spiro atoms. The lowest BCUT2D eigenvalue weighted by Gasteiger charge is -2.29. The van der Waals surface area contributed by atoms with E-state index in [1.165, 1.54) is 42.9 Å². The lowest BCUT2D eigenvalue weighted by atomic mass is 9.97. The zero-order chi connectivity index (χ0) is 20.4. The van der Waals surface area contributed by atoms with Crippen molar-refractivity contribution in [3.05, 3.63) is 53.6 Å². The van der Waals surface area contributed by atoms with Gasteiger partial charge < -0.3 is 15.0 Å². The SMILES string of the molecule is Cn1ccnc1C(O)(CCNC(=O)/C=C/c1nc2ccccc2s1)C(F)(F)F. The predicted octanol–water partition coefficient (Wildman–Crippen LogP) is 3.00. The number of carbonyl (C=O) groups is 1. The molecule has 2 aromatic heterocycles. The van der Waals surface area contributed by atoms with Crippen LogP contribution in [0.2, 0.25) is 0 Å². The fourth-order valence-corrected chi connectivity index (χ4v) is 3.55. The quantitative estimate of drug-likeness (QED) is 0.613. The second-order valence-electron chi connectivity index (χ2n) is 6.11. The number of hydrogen-bond donors (Lipinski definition) is 2. The van der Waals surface area contributed by atoms with E-state index in [-0.39, 0.29) is 6.54 Å². The number of carbonyl (C=O) groups excluding carboxylic acids is 1. The van der Waals surface area contributed by atoms with Crippen molar-refractivity contribution in [2.24, 2.45) is 7.05 Å². The molecule has 148 valence electrons. The van der Waals surface area contributed by atoms with Gasteiger partial charge in [-0.2, -0.15) is 13.2 Å². The first-order chi connectivity index (χ1) is 13.2. The summed E-state index contributed by atoms with van der Waals surface area (Å²) in [5, 5.41) is 13.2. The van der Waals surface area contributed by atoms with E-state index in [1.54, 1.807) is 0 Å². The van der Waals surface area contributed by atoms with Crippen molar-refractivity contribution in [3.8, 4) is 0 Å². The average Bonchev–Trinajstić information content (AvgIpc) is 3.24. The van der Waals surface area contributed by atoms with Crippen molar-refractivity contribution in [1.29, 1.82) is 0 Å². The number of aliphatic hydroxyl groups is 1. The van der Waals surface area contributed by atoms with Crippen LogP contribution < -0.4 is 5.32 Å². The van der Waals surface area contributed by atoms with E-state index in [0.29, 0.717) is 5.01 Å². The molecule has 1 unspecified atom stereocenters. The average molecular weight is 410 g/mol. The Morgan fingerprint density at radius 1 is 1.36 bits per heavy atom. The highest BCUT2D eigenvalue weighted by Crippen LogP contribution is 2.40. The van der Waals surface area contributed by atoms with Crippen LogP contribution in [0.5, 0.6) is 0 Å². The number of benzene rings is 1. The summed E-state index contributed by atoms with van der Waals surface area (Å²) in [6.07, 6.45) is -0.522. The van der Waals surface area contributed by atoms with Crippen molar-refractivity contribution >= 4 is 33.5 Å². The van der Waals surface area contributed by atoms with Crippen molar-refractivity contribution < 1.29 is 23.1 Å². The normalized spacial score (nSPS) is 14.5. The molecule has 0 bridgehead atoms. The van der Waals surface area contributed by atoms with Crippen molar-refractivity contribution in [1.82, 2.24) is 19.9 Å². The highest BCUT2D eigenvalue weighted by atomic mass is 32.1. The highest BCUT2D eigenvalue weighted by Gasteiger charge is 2.57. The Bertz CT molecular complexity index is 979. The number of alkyl halides is 3. The molecule has 28 heavy (non-hydrogen) atoms. The van der Waals surface area contributed by atoms with Crippen molar-refractivity contribution in [2.75, 3.05) is 6.54 Å². The Morgan fingerprint density at radius 2 is 2.11 bits per heavy atom. The number of nitrogens with zero attached hydrogens (tertiary/aromatic N) is 3. The first-order valence-electron chi connectivity index (χ1n) is 8.29. The van der Waals surface area contributed by atoms with Gasteiger partial charge in [-0.05, 0) is 18.2 Å². The fourth-order valence-electron chi connectivity index (χ4n) is 2.68. The topological polar surface area (TPSA) is 80.0 Å². The number of hydrogen-bond acceptors (Lipinski definition) is 5. The number of imidazole rings is 1. The largest absolute Gasteiger partial charge is 0.424 e. The minimum atomic E-state index is -4.94. The summed E-state index contributed by atoms with van der Waals surface area (Å²) in [7, 11) is 1.36. The molecule has 0 saturated carbocycles. The minimum absolute atomic E-state index is 0.383. The van der Waals surface area contributed by atoms with Crippen LogP contribution in [0.15, 0.2) is 42.7 Å². The fraction of sp³-hybridized carbons (Fsp3) is 0.278. The minimum Gasteiger partial charge on any atom is -0.374 e. The molecule has 0 saturated heterocycles. The lowest BCUT2D eigenvalue weighted by Crippen LogP contribution is -2.46. The third kappa shape index (κ3) is 4.07. The Balaban J connectivity index is 1.62. The Hall–Kier alpha value is -2.72.